The van der Waals surface area contributed by atoms with E-state index in [9.17, 15) is 4.79 Å². The van der Waals surface area contributed by atoms with Crippen LogP contribution in [-0.2, 0) is 4.79 Å². The largest absolute Gasteiger partial charge is 0.303 e. The molecule has 1 heteroatoms. The highest BCUT2D eigenvalue weighted by molar-refractivity contribution is 5.50. The number of allylic oxidation sites excluding steroid dienone is 2. The Morgan fingerprint density at radius 3 is 2.60 bits per heavy atom. The van der Waals surface area contributed by atoms with Gasteiger partial charge in [-0.2, -0.15) is 0 Å². The third-order valence-electron chi connectivity index (χ3n) is 3.62. The summed E-state index contributed by atoms with van der Waals surface area (Å²) < 4.78 is 0. The van der Waals surface area contributed by atoms with E-state index < -0.39 is 0 Å². The van der Waals surface area contributed by atoms with Crippen molar-refractivity contribution in [3.05, 3.63) is 11.6 Å². The molecule has 0 aliphatic heterocycles. The van der Waals surface area contributed by atoms with Crippen molar-refractivity contribution in [1.29, 1.82) is 0 Å². The zero-order chi connectivity index (χ0) is 11.5. The van der Waals surface area contributed by atoms with Gasteiger partial charge in [-0.15, -0.1) is 0 Å². The Labute approximate surface area is 93.9 Å². The molecule has 0 heterocycles. The molecule has 0 saturated carbocycles. The lowest BCUT2D eigenvalue weighted by Crippen LogP contribution is -2.23. The fourth-order valence-corrected chi connectivity index (χ4v) is 2.36. The van der Waals surface area contributed by atoms with Crippen LogP contribution in [0.4, 0.5) is 0 Å². The normalized spacial score (nSPS) is 27.3. The molecule has 0 bridgehead atoms. The molecule has 2 atom stereocenters. The molecule has 0 N–H and O–H groups in total. The van der Waals surface area contributed by atoms with E-state index in [2.05, 4.69) is 33.8 Å². The van der Waals surface area contributed by atoms with Crippen LogP contribution in [0.1, 0.15) is 53.4 Å². The van der Waals surface area contributed by atoms with Crippen LogP contribution in [0.5, 0.6) is 0 Å². The van der Waals surface area contributed by atoms with Crippen molar-refractivity contribution in [2.45, 2.75) is 53.4 Å². The first-order valence-corrected chi connectivity index (χ1v) is 6.09. The maximum absolute atomic E-state index is 10.4. The van der Waals surface area contributed by atoms with Gasteiger partial charge >= 0.3 is 0 Å². The summed E-state index contributed by atoms with van der Waals surface area (Å²) in [6.07, 6.45) is 7.72. The Balaban J connectivity index is 2.72. The molecule has 1 aliphatic carbocycles. The van der Waals surface area contributed by atoms with Gasteiger partial charge in [0.1, 0.15) is 6.29 Å². The Hall–Kier alpha value is -0.590. The monoisotopic (exact) mass is 208 g/mol. The molecule has 15 heavy (non-hydrogen) atoms. The summed E-state index contributed by atoms with van der Waals surface area (Å²) in [6, 6.07) is 0. The van der Waals surface area contributed by atoms with Crippen LogP contribution in [-0.4, -0.2) is 6.29 Å². The number of rotatable bonds is 3. The average Bonchev–Trinajstić information content (AvgIpc) is 2.15. The maximum Gasteiger partial charge on any atom is 0.120 e. The highest BCUT2D eigenvalue weighted by Crippen LogP contribution is 2.39. The Bertz CT molecular complexity index is 245. The quantitative estimate of drug-likeness (QED) is 0.506. The molecule has 0 aromatic heterocycles. The number of aldehydes is 1. The zero-order valence-corrected chi connectivity index (χ0v) is 10.5. The molecule has 2 unspecified atom stereocenters. The van der Waals surface area contributed by atoms with Crippen molar-refractivity contribution in [2.24, 2.45) is 17.3 Å². The van der Waals surface area contributed by atoms with Crippen LogP contribution < -0.4 is 0 Å². The Morgan fingerprint density at radius 2 is 2.07 bits per heavy atom. The average molecular weight is 208 g/mol. The van der Waals surface area contributed by atoms with Crippen LogP contribution in [0, 0.1) is 17.3 Å². The SMILES string of the molecule is CC1CCC(C(C)(C)C)C=C1CCC=O. The van der Waals surface area contributed by atoms with E-state index in [0.29, 0.717) is 23.7 Å². The predicted molar refractivity (Wildman–Crippen MR) is 64.7 cm³/mol. The molecule has 1 nitrogen and oxygen atoms in total. The third-order valence-corrected chi connectivity index (χ3v) is 3.62. The second-order valence-corrected chi connectivity index (χ2v) is 5.90. The number of hydrogen-bond donors (Lipinski definition) is 0. The van der Waals surface area contributed by atoms with Crippen molar-refractivity contribution >= 4 is 6.29 Å². The molecule has 0 spiro atoms. The van der Waals surface area contributed by atoms with Crippen molar-refractivity contribution < 1.29 is 4.79 Å². The molecule has 0 radical (unpaired) electrons. The summed E-state index contributed by atoms with van der Waals surface area (Å²) in [5.74, 6) is 1.37. The van der Waals surface area contributed by atoms with Crippen molar-refractivity contribution in [3.63, 3.8) is 0 Å². The van der Waals surface area contributed by atoms with E-state index in [1.165, 1.54) is 18.4 Å². The second-order valence-electron chi connectivity index (χ2n) is 5.90. The molecule has 1 rings (SSSR count). The summed E-state index contributed by atoms with van der Waals surface area (Å²) in [7, 11) is 0. The first-order valence-electron chi connectivity index (χ1n) is 6.09. The maximum atomic E-state index is 10.4. The van der Waals surface area contributed by atoms with Gasteiger partial charge in [0, 0.05) is 6.42 Å². The highest BCUT2D eigenvalue weighted by atomic mass is 16.1. The Morgan fingerprint density at radius 1 is 1.40 bits per heavy atom. The van der Waals surface area contributed by atoms with Crippen LogP contribution >= 0.6 is 0 Å². The topological polar surface area (TPSA) is 17.1 Å². The third kappa shape index (κ3) is 3.48. The van der Waals surface area contributed by atoms with E-state index in [0.717, 1.165) is 12.7 Å². The molecule has 0 amide bonds. The van der Waals surface area contributed by atoms with E-state index in [1.807, 2.05) is 0 Å². The van der Waals surface area contributed by atoms with Gasteiger partial charge in [0.05, 0.1) is 0 Å². The number of carbonyl (C=O) groups excluding carboxylic acids is 1. The van der Waals surface area contributed by atoms with Crippen molar-refractivity contribution in [3.8, 4) is 0 Å². The fraction of sp³-hybridized carbons (Fsp3) is 0.786. The van der Waals surface area contributed by atoms with Gasteiger partial charge in [-0.3, -0.25) is 0 Å². The van der Waals surface area contributed by atoms with Crippen LogP contribution in [0.3, 0.4) is 0 Å². The van der Waals surface area contributed by atoms with Gasteiger partial charge in [0.25, 0.3) is 0 Å². The minimum Gasteiger partial charge on any atom is -0.303 e. The lowest BCUT2D eigenvalue weighted by molar-refractivity contribution is -0.107. The van der Waals surface area contributed by atoms with Crippen LogP contribution in [0.15, 0.2) is 11.6 Å². The van der Waals surface area contributed by atoms with E-state index in [4.69, 9.17) is 0 Å². The summed E-state index contributed by atoms with van der Waals surface area (Å²) in [5, 5.41) is 0. The van der Waals surface area contributed by atoms with Gasteiger partial charge < -0.3 is 4.79 Å². The first-order chi connectivity index (χ1) is 6.95. The van der Waals surface area contributed by atoms with Crippen molar-refractivity contribution in [1.82, 2.24) is 0 Å². The van der Waals surface area contributed by atoms with Gasteiger partial charge in [0.15, 0.2) is 0 Å². The zero-order valence-electron chi connectivity index (χ0n) is 10.5. The first kappa shape index (κ1) is 12.5. The molecular formula is C14H24O. The molecule has 0 aromatic rings. The fourth-order valence-electron chi connectivity index (χ4n) is 2.36. The van der Waals surface area contributed by atoms with E-state index in [1.54, 1.807) is 0 Å². The summed E-state index contributed by atoms with van der Waals surface area (Å²) in [5.41, 5.74) is 1.88. The molecule has 0 saturated heterocycles. The summed E-state index contributed by atoms with van der Waals surface area (Å²) >= 11 is 0. The van der Waals surface area contributed by atoms with Gasteiger partial charge in [-0.1, -0.05) is 39.3 Å². The molecule has 0 aromatic carbocycles. The minimum absolute atomic E-state index is 0.368. The summed E-state index contributed by atoms with van der Waals surface area (Å²) in [4.78, 5) is 10.4. The van der Waals surface area contributed by atoms with Crippen LogP contribution in [0.2, 0.25) is 0 Å². The summed E-state index contributed by atoms with van der Waals surface area (Å²) in [6.45, 7) is 9.21. The number of hydrogen-bond acceptors (Lipinski definition) is 1. The predicted octanol–water partition coefficient (Wildman–Crippen LogP) is 3.98. The second kappa shape index (κ2) is 4.96. The van der Waals surface area contributed by atoms with Gasteiger partial charge in [-0.05, 0) is 36.5 Å². The molecule has 0 fully saturated rings. The van der Waals surface area contributed by atoms with E-state index in [-0.39, 0.29) is 0 Å². The Kier molecular flexibility index (Phi) is 4.12. The lowest BCUT2D eigenvalue weighted by Gasteiger charge is -2.34. The smallest absolute Gasteiger partial charge is 0.120 e. The van der Waals surface area contributed by atoms with Crippen LogP contribution in [0.25, 0.3) is 0 Å². The molecular weight excluding hydrogens is 184 g/mol. The minimum atomic E-state index is 0.368. The highest BCUT2D eigenvalue weighted by Gasteiger charge is 2.27. The van der Waals surface area contributed by atoms with Crippen molar-refractivity contribution in [2.75, 3.05) is 0 Å². The number of carbonyl (C=O) groups is 1. The van der Waals surface area contributed by atoms with Gasteiger partial charge in [0.2, 0.25) is 0 Å². The lowest BCUT2D eigenvalue weighted by atomic mass is 9.71. The molecule has 86 valence electrons. The van der Waals surface area contributed by atoms with Gasteiger partial charge in [-0.25, -0.2) is 0 Å². The van der Waals surface area contributed by atoms with E-state index >= 15 is 0 Å². The standard InChI is InChI=1S/C14H24O/c1-11-7-8-13(14(2,3)4)10-12(11)6-5-9-15/h9-11,13H,5-8H2,1-4H3. The molecule has 1 aliphatic rings.